The summed E-state index contributed by atoms with van der Waals surface area (Å²) >= 11 is 0. The van der Waals surface area contributed by atoms with Crippen LogP contribution in [-0.2, 0) is 19.0 Å². The Morgan fingerprint density at radius 2 is 1.87 bits per heavy atom. The fraction of sp³-hybridized carbons (Fsp3) is 0.727. The normalized spacial score (nSPS) is 12.1. The molecular weight excluding hydrogens is 190 g/mol. The first kappa shape index (κ1) is 11.9. The summed E-state index contributed by atoms with van der Waals surface area (Å²) in [6, 6.07) is 0. The van der Waals surface area contributed by atoms with E-state index in [0.29, 0.717) is 5.69 Å². The summed E-state index contributed by atoms with van der Waals surface area (Å²) in [6.45, 7) is 8.09. The predicted octanol–water partition coefficient (Wildman–Crippen LogP) is 1.48. The fourth-order valence-electron chi connectivity index (χ4n) is 1.96. The molecule has 0 aliphatic rings. The average molecular weight is 211 g/mol. The van der Waals surface area contributed by atoms with Crippen LogP contribution < -0.4 is 11.3 Å². The summed E-state index contributed by atoms with van der Waals surface area (Å²) in [5, 5.41) is 0. The highest BCUT2D eigenvalue weighted by Gasteiger charge is 2.23. The maximum atomic E-state index is 11.9. The van der Waals surface area contributed by atoms with E-state index in [1.165, 1.54) is 0 Å². The van der Waals surface area contributed by atoms with Crippen molar-refractivity contribution in [3.63, 3.8) is 0 Å². The van der Waals surface area contributed by atoms with Gasteiger partial charge in [0.15, 0.2) is 0 Å². The van der Waals surface area contributed by atoms with Gasteiger partial charge in [-0.25, -0.2) is 4.68 Å². The van der Waals surface area contributed by atoms with Crippen molar-refractivity contribution in [2.75, 3.05) is 5.73 Å². The zero-order valence-corrected chi connectivity index (χ0v) is 10.3. The molecule has 1 aromatic rings. The molecule has 4 heteroatoms. The van der Waals surface area contributed by atoms with Crippen molar-refractivity contribution in [1.82, 2.24) is 9.36 Å². The third-order valence-corrected chi connectivity index (χ3v) is 2.55. The van der Waals surface area contributed by atoms with Gasteiger partial charge < -0.3 is 5.73 Å². The Labute approximate surface area is 90.7 Å². The van der Waals surface area contributed by atoms with Crippen LogP contribution in [0.1, 0.15) is 39.8 Å². The lowest BCUT2D eigenvalue weighted by Gasteiger charge is -2.23. The van der Waals surface area contributed by atoms with Crippen LogP contribution in [-0.4, -0.2) is 9.36 Å². The first-order valence-electron chi connectivity index (χ1n) is 5.37. The zero-order chi connectivity index (χ0) is 11.8. The van der Waals surface area contributed by atoms with Crippen molar-refractivity contribution >= 4 is 5.69 Å². The van der Waals surface area contributed by atoms with Gasteiger partial charge in [0.05, 0.1) is 11.2 Å². The molecule has 0 atom stereocenters. The molecule has 0 unspecified atom stereocenters. The van der Waals surface area contributed by atoms with Crippen LogP contribution in [0.3, 0.4) is 0 Å². The Kier molecular flexibility index (Phi) is 2.98. The highest BCUT2D eigenvalue weighted by atomic mass is 16.1. The van der Waals surface area contributed by atoms with E-state index < -0.39 is 0 Å². The van der Waals surface area contributed by atoms with Gasteiger partial charge in [0, 0.05) is 7.05 Å². The molecule has 0 radical (unpaired) electrons. The lowest BCUT2D eigenvalue weighted by molar-refractivity contribution is 0.298. The number of rotatable bonds is 2. The molecule has 0 aliphatic carbocycles. The average Bonchev–Trinajstić information content (AvgIpc) is 2.29. The molecular formula is C11H21N3O. The predicted molar refractivity (Wildman–Crippen MR) is 63.1 cm³/mol. The molecule has 4 nitrogen and oxygen atoms in total. The van der Waals surface area contributed by atoms with Crippen LogP contribution in [0.2, 0.25) is 0 Å². The molecule has 0 aliphatic heterocycles. The third kappa shape index (κ3) is 1.94. The summed E-state index contributed by atoms with van der Waals surface area (Å²) in [5.41, 5.74) is 6.87. The fourth-order valence-corrected chi connectivity index (χ4v) is 1.96. The molecule has 0 spiro atoms. The number of hydrogen-bond donors (Lipinski definition) is 1. The van der Waals surface area contributed by atoms with E-state index >= 15 is 0 Å². The smallest absolute Gasteiger partial charge is 0.290 e. The number of hydrogen-bond acceptors (Lipinski definition) is 2. The second-order valence-electron chi connectivity index (χ2n) is 4.92. The quantitative estimate of drug-likeness (QED) is 0.805. The number of anilines is 1. The Hall–Kier alpha value is -1.19. The molecule has 0 saturated carbocycles. The topological polar surface area (TPSA) is 53.0 Å². The van der Waals surface area contributed by atoms with Gasteiger partial charge in [-0.15, -0.1) is 0 Å². The molecule has 15 heavy (non-hydrogen) atoms. The van der Waals surface area contributed by atoms with Crippen LogP contribution >= 0.6 is 0 Å². The maximum Gasteiger partial charge on any atom is 0.290 e. The summed E-state index contributed by atoms with van der Waals surface area (Å²) in [6.07, 6.45) is 1.84. The van der Waals surface area contributed by atoms with E-state index in [1.54, 1.807) is 4.68 Å². The maximum absolute atomic E-state index is 11.9. The van der Waals surface area contributed by atoms with Crippen LogP contribution in [0.15, 0.2) is 4.79 Å². The lowest BCUT2D eigenvalue weighted by Crippen LogP contribution is -2.36. The molecule has 0 amide bonds. The van der Waals surface area contributed by atoms with E-state index in [-0.39, 0.29) is 11.1 Å². The highest BCUT2D eigenvalue weighted by Crippen LogP contribution is 2.17. The second-order valence-corrected chi connectivity index (χ2v) is 4.92. The first-order valence-corrected chi connectivity index (χ1v) is 5.37. The largest absolute Gasteiger partial charge is 0.393 e. The Morgan fingerprint density at radius 1 is 1.33 bits per heavy atom. The minimum Gasteiger partial charge on any atom is -0.393 e. The lowest BCUT2D eigenvalue weighted by atomic mass is 10.1. The number of aromatic nitrogens is 2. The minimum absolute atomic E-state index is 0.0755. The summed E-state index contributed by atoms with van der Waals surface area (Å²) in [4.78, 5) is 11.9. The summed E-state index contributed by atoms with van der Waals surface area (Å²) in [7, 11) is 1.90. The minimum atomic E-state index is -0.230. The van der Waals surface area contributed by atoms with Crippen molar-refractivity contribution in [1.29, 1.82) is 0 Å². The van der Waals surface area contributed by atoms with Crippen molar-refractivity contribution < 1.29 is 0 Å². The van der Waals surface area contributed by atoms with Gasteiger partial charge in [0.25, 0.3) is 5.56 Å². The summed E-state index contributed by atoms with van der Waals surface area (Å²) < 4.78 is 3.61. The van der Waals surface area contributed by atoms with E-state index in [2.05, 4.69) is 6.92 Å². The van der Waals surface area contributed by atoms with E-state index in [4.69, 9.17) is 5.73 Å². The molecule has 0 saturated heterocycles. The van der Waals surface area contributed by atoms with E-state index in [9.17, 15) is 4.79 Å². The number of nitrogens with two attached hydrogens (primary N) is 1. The van der Waals surface area contributed by atoms with Crippen molar-refractivity contribution in [3.8, 4) is 0 Å². The molecule has 0 aromatic carbocycles. The van der Waals surface area contributed by atoms with Gasteiger partial charge in [-0.1, -0.05) is 13.3 Å². The van der Waals surface area contributed by atoms with Gasteiger partial charge >= 0.3 is 0 Å². The van der Waals surface area contributed by atoms with Crippen LogP contribution in [0.25, 0.3) is 0 Å². The van der Waals surface area contributed by atoms with Gasteiger partial charge in [-0.05, 0) is 27.2 Å². The highest BCUT2D eigenvalue weighted by molar-refractivity contribution is 5.41. The molecule has 0 fully saturated rings. The molecule has 1 heterocycles. The van der Waals surface area contributed by atoms with Crippen molar-refractivity contribution in [3.05, 3.63) is 16.0 Å². The molecule has 86 valence electrons. The van der Waals surface area contributed by atoms with Crippen LogP contribution in [0, 0.1) is 0 Å². The zero-order valence-electron chi connectivity index (χ0n) is 10.3. The second kappa shape index (κ2) is 3.76. The SMILES string of the molecule is CCCc1c(N)c(=O)n(C(C)(C)C)n1C. The molecule has 1 rings (SSSR count). The molecule has 1 aromatic heterocycles. The van der Waals surface area contributed by atoms with E-state index in [0.717, 1.165) is 18.5 Å². The standard InChI is InChI=1S/C11H21N3O/c1-6-7-8-9(12)10(15)14(13(8)5)11(2,3)4/h6-7,12H2,1-5H3. The number of nitrogens with zero attached hydrogens (tertiary/aromatic N) is 2. The number of nitrogen functional groups attached to an aromatic ring is 1. The van der Waals surface area contributed by atoms with Crippen LogP contribution in [0.4, 0.5) is 5.69 Å². The van der Waals surface area contributed by atoms with Gasteiger partial charge in [-0.3, -0.25) is 9.48 Å². The molecule has 2 N–H and O–H groups in total. The van der Waals surface area contributed by atoms with Gasteiger partial charge in [-0.2, -0.15) is 0 Å². The van der Waals surface area contributed by atoms with Gasteiger partial charge in [0.1, 0.15) is 5.69 Å². The van der Waals surface area contributed by atoms with Crippen molar-refractivity contribution in [2.24, 2.45) is 7.05 Å². The Morgan fingerprint density at radius 3 is 2.20 bits per heavy atom. The Bertz CT molecular complexity index is 407. The van der Waals surface area contributed by atoms with Crippen LogP contribution in [0.5, 0.6) is 0 Å². The van der Waals surface area contributed by atoms with Gasteiger partial charge in [0.2, 0.25) is 0 Å². The summed E-state index contributed by atoms with van der Waals surface area (Å²) in [5.74, 6) is 0. The van der Waals surface area contributed by atoms with Crippen molar-refractivity contribution in [2.45, 2.75) is 46.1 Å². The third-order valence-electron chi connectivity index (χ3n) is 2.55. The van der Waals surface area contributed by atoms with E-state index in [1.807, 2.05) is 32.5 Å². The molecule has 0 bridgehead atoms. The Balaban J connectivity index is 3.44. The first-order chi connectivity index (χ1) is 6.80. The monoisotopic (exact) mass is 211 g/mol.